The quantitative estimate of drug-likeness (QED) is 0.926. The predicted octanol–water partition coefficient (Wildman–Crippen LogP) is 2.52. The van der Waals surface area contributed by atoms with Crippen molar-refractivity contribution in [3.8, 4) is 11.4 Å². The largest absolute Gasteiger partial charge is 0.416 e. The highest BCUT2D eigenvalue weighted by molar-refractivity contribution is 5.57. The van der Waals surface area contributed by atoms with Gasteiger partial charge in [-0.25, -0.2) is 0 Å². The van der Waals surface area contributed by atoms with E-state index >= 15 is 0 Å². The van der Waals surface area contributed by atoms with Crippen molar-refractivity contribution < 1.29 is 18.3 Å². The lowest BCUT2D eigenvalue weighted by Crippen LogP contribution is -2.22. The van der Waals surface area contributed by atoms with Crippen molar-refractivity contribution in [1.29, 1.82) is 0 Å². The highest BCUT2D eigenvalue weighted by Gasteiger charge is 2.31. The van der Waals surface area contributed by atoms with Crippen molar-refractivity contribution in [3.05, 3.63) is 35.7 Å². The van der Waals surface area contributed by atoms with Crippen molar-refractivity contribution in [2.24, 2.45) is 5.92 Å². The Morgan fingerprint density at radius 3 is 2.81 bits per heavy atom. The summed E-state index contributed by atoms with van der Waals surface area (Å²) < 4.78 is 40.2. The molecular weight excluding hydrogens is 283 g/mol. The first kappa shape index (κ1) is 14.1. The van der Waals surface area contributed by atoms with E-state index in [9.17, 15) is 18.3 Å². The Morgan fingerprint density at radius 1 is 1.29 bits per heavy atom. The van der Waals surface area contributed by atoms with Crippen LogP contribution in [0.3, 0.4) is 0 Å². The Morgan fingerprint density at radius 2 is 2.10 bits per heavy atom. The van der Waals surface area contributed by atoms with E-state index in [1.165, 1.54) is 6.07 Å². The highest BCUT2D eigenvalue weighted by Crippen LogP contribution is 2.32. The molecule has 0 saturated heterocycles. The Hall–Kier alpha value is -1.89. The summed E-state index contributed by atoms with van der Waals surface area (Å²) >= 11 is 0. The van der Waals surface area contributed by atoms with Gasteiger partial charge >= 0.3 is 6.18 Å². The zero-order valence-corrected chi connectivity index (χ0v) is 11.1. The minimum absolute atomic E-state index is 0.0890. The number of hydrogen-bond donors (Lipinski definition) is 1. The van der Waals surface area contributed by atoms with E-state index in [0.717, 1.165) is 18.6 Å². The molecule has 1 aliphatic heterocycles. The van der Waals surface area contributed by atoms with Crippen molar-refractivity contribution in [3.63, 3.8) is 0 Å². The molecule has 1 aromatic heterocycles. The molecule has 0 spiro atoms. The molecular formula is C14H14F3N3O. The molecule has 2 aromatic rings. The van der Waals surface area contributed by atoms with E-state index in [-0.39, 0.29) is 12.5 Å². The standard InChI is InChI=1S/C14H14F3N3O/c15-14(16,17)11-3-1-2-10(7-11)13-19-18-12-6-9(8-21)4-5-20(12)13/h1-3,7,9,21H,4-6,8H2. The maximum atomic E-state index is 12.8. The first-order chi connectivity index (χ1) is 9.99. The molecule has 21 heavy (non-hydrogen) atoms. The number of halogens is 3. The maximum absolute atomic E-state index is 12.8. The topological polar surface area (TPSA) is 50.9 Å². The first-order valence-electron chi connectivity index (χ1n) is 6.69. The number of benzene rings is 1. The van der Waals surface area contributed by atoms with Crippen LogP contribution in [0.15, 0.2) is 24.3 Å². The summed E-state index contributed by atoms with van der Waals surface area (Å²) in [6.45, 7) is 0.699. The molecule has 1 atom stereocenters. The van der Waals surface area contributed by atoms with Crippen LogP contribution in [0.2, 0.25) is 0 Å². The Bertz CT molecular complexity index is 651. The number of aliphatic hydroxyl groups excluding tert-OH is 1. The summed E-state index contributed by atoms with van der Waals surface area (Å²) in [7, 11) is 0. The molecule has 1 aromatic carbocycles. The Labute approximate surface area is 119 Å². The van der Waals surface area contributed by atoms with Crippen LogP contribution < -0.4 is 0 Å². The fourth-order valence-corrected chi connectivity index (χ4v) is 2.60. The van der Waals surface area contributed by atoms with E-state index in [4.69, 9.17) is 0 Å². The smallest absolute Gasteiger partial charge is 0.396 e. The monoisotopic (exact) mass is 297 g/mol. The molecule has 0 bridgehead atoms. The number of fused-ring (bicyclic) bond motifs is 1. The van der Waals surface area contributed by atoms with Gasteiger partial charge in [-0.05, 0) is 24.5 Å². The second kappa shape index (κ2) is 5.14. The number of rotatable bonds is 2. The molecule has 2 heterocycles. The number of hydrogen-bond acceptors (Lipinski definition) is 3. The molecule has 1 unspecified atom stereocenters. The molecule has 112 valence electrons. The third kappa shape index (κ3) is 2.65. The van der Waals surface area contributed by atoms with Crippen LogP contribution in [0, 0.1) is 5.92 Å². The third-order valence-electron chi connectivity index (χ3n) is 3.77. The van der Waals surface area contributed by atoms with Crippen LogP contribution in [0.4, 0.5) is 13.2 Å². The zero-order valence-electron chi connectivity index (χ0n) is 11.1. The lowest BCUT2D eigenvalue weighted by molar-refractivity contribution is -0.137. The normalized spacial score (nSPS) is 18.6. The molecule has 1 aliphatic rings. The van der Waals surface area contributed by atoms with Crippen LogP contribution in [0.1, 0.15) is 17.8 Å². The minimum Gasteiger partial charge on any atom is -0.396 e. The van der Waals surface area contributed by atoms with Crippen molar-refractivity contribution >= 4 is 0 Å². The highest BCUT2D eigenvalue weighted by atomic mass is 19.4. The Kier molecular flexibility index (Phi) is 3.44. The second-order valence-electron chi connectivity index (χ2n) is 5.21. The van der Waals surface area contributed by atoms with E-state index < -0.39 is 11.7 Å². The summed E-state index contributed by atoms with van der Waals surface area (Å²) in [4.78, 5) is 0. The lowest BCUT2D eigenvalue weighted by atomic mass is 9.98. The molecule has 1 N–H and O–H groups in total. The third-order valence-corrected chi connectivity index (χ3v) is 3.77. The molecule has 0 aliphatic carbocycles. The van der Waals surface area contributed by atoms with Gasteiger partial charge in [-0.15, -0.1) is 10.2 Å². The van der Waals surface area contributed by atoms with Gasteiger partial charge in [-0.2, -0.15) is 13.2 Å². The van der Waals surface area contributed by atoms with Crippen molar-refractivity contribution in [2.75, 3.05) is 6.61 Å². The summed E-state index contributed by atoms with van der Waals surface area (Å²) in [5.74, 6) is 1.32. The van der Waals surface area contributed by atoms with Crippen LogP contribution in [-0.2, 0) is 19.1 Å². The van der Waals surface area contributed by atoms with Gasteiger partial charge in [0, 0.05) is 25.1 Å². The Balaban J connectivity index is 1.98. The number of aliphatic hydroxyl groups is 1. The van der Waals surface area contributed by atoms with Gasteiger partial charge in [-0.1, -0.05) is 12.1 Å². The average Bonchev–Trinajstić information content (AvgIpc) is 2.89. The predicted molar refractivity (Wildman–Crippen MR) is 69.4 cm³/mol. The maximum Gasteiger partial charge on any atom is 0.416 e. The number of nitrogens with zero attached hydrogens (tertiary/aromatic N) is 3. The zero-order chi connectivity index (χ0) is 15.0. The SMILES string of the molecule is OCC1CCn2c(nnc2-c2cccc(C(F)(F)F)c2)C1. The van der Waals surface area contributed by atoms with Crippen molar-refractivity contribution in [1.82, 2.24) is 14.8 Å². The van der Waals surface area contributed by atoms with Gasteiger partial charge in [0.2, 0.25) is 0 Å². The molecule has 4 nitrogen and oxygen atoms in total. The lowest BCUT2D eigenvalue weighted by Gasteiger charge is -2.21. The molecule has 3 rings (SSSR count). The van der Waals surface area contributed by atoms with Crippen molar-refractivity contribution in [2.45, 2.75) is 25.6 Å². The molecule has 0 fully saturated rings. The van der Waals surface area contributed by atoms with E-state index in [1.54, 1.807) is 6.07 Å². The summed E-state index contributed by atoms with van der Waals surface area (Å²) in [6.07, 6.45) is -3.00. The summed E-state index contributed by atoms with van der Waals surface area (Å²) in [6, 6.07) is 5.11. The summed E-state index contributed by atoms with van der Waals surface area (Å²) in [5.41, 5.74) is -0.285. The fourth-order valence-electron chi connectivity index (χ4n) is 2.60. The van der Waals surface area contributed by atoms with E-state index in [2.05, 4.69) is 10.2 Å². The first-order valence-corrected chi connectivity index (χ1v) is 6.69. The molecule has 0 amide bonds. The average molecular weight is 297 g/mol. The molecule has 7 heteroatoms. The van der Waals surface area contributed by atoms with Gasteiger partial charge in [-0.3, -0.25) is 0 Å². The second-order valence-corrected chi connectivity index (χ2v) is 5.21. The van der Waals surface area contributed by atoms with Gasteiger partial charge in [0.25, 0.3) is 0 Å². The molecule has 0 radical (unpaired) electrons. The van der Waals surface area contributed by atoms with E-state index in [1.807, 2.05) is 4.57 Å². The number of aromatic nitrogens is 3. The summed E-state index contributed by atoms with van der Waals surface area (Å²) in [5, 5.41) is 17.3. The number of alkyl halides is 3. The van der Waals surface area contributed by atoms with Crippen LogP contribution in [0.25, 0.3) is 11.4 Å². The minimum atomic E-state index is -4.37. The molecule has 0 saturated carbocycles. The van der Waals surface area contributed by atoms with Gasteiger partial charge in [0.1, 0.15) is 5.82 Å². The van der Waals surface area contributed by atoms with Gasteiger partial charge in [0.15, 0.2) is 5.82 Å². The van der Waals surface area contributed by atoms with Crippen LogP contribution >= 0.6 is 0 Å². The van der Waals surface area contributed by atoms with Crippen LogP contribution in [-0.4, -0.2) is 26.5 Å². The van der Waals surface area contributed by atoms with Gasteiger partial charge in [0.05, 0.1) is 5.56 Å². The van der Waals surface area contributed by atoms with Crippen LogP contribution in [0.5, 0.6) is 0 Å². The fraction of sp³-hybridized carbons (Fsp3) is 0.429. The van der Waals surface area contributed by atoms with Gasteiger partial charge < -0.3 is 9.67 Å². The van der Waals surface area contributed by atoms with E-state index in [0.29, 0.717) is 30.2 Å².